The minimum Gasteiger partial charge on any atom is -0.489 e. The molecule has 29 heavy (non-hydrogen) atoms. The molecule has 6 heteroatoms. The molecule has 4 rings (SSSR count). The Labute approximate surface area is 174 Å². The van der Waals surface area contributed by atoms with Gasteiger partial charge in [0.15, 0.2) is 11.0 Å². The molecule has 0 saturated carbocycles. The van der Waals surface area contributed by atoms with Crippen molar-refractivity contribution < 1.29 is 4.74 Å². The maximum Gasteiger partial charge on any atom is 0.191 e. The van der Waals surface area contributed by atoms with Crippen molar-refractivity contribution in [3.05, 3.63) is 90.1 Å². The fourth-order valence-corrected chi connectivity index (χ4v) is 3.89. The van der Waals surface area contributed by atoms with Crippen molar-refractivity contribution in [2.45, 2.75) is 31.0 Å². The summed E-state index contributed by atoms with van der Waals surface area (Å²) >= 11 is 1.68. The van der Waals surface area contributed by atoms with Gasteiger partial charge in [-0.3, -0.25) is 4.98 Å². The predicted molar refractivity (Wildman–Crippen MR) is 116 cm³/mol. The van der Waals surface area contributed by atoms with Crippen LogP contribution in [0.2, 0.25) is 0 Å². The molecule has 4 aromatic rings. The summed E-state index contributed by atoms with van der Waals surface area (Å²) in [6.07, 6.45) is 1.78. The number of pyridine rings is 1. The van der Waals surface area contributed by atoms with Crippen LogP contribution < -0.4 is 4.74 Å². The maximum atomic E-state index is 5.86. The number of benzene rings is 2. The third-order valence-corrected chi connectivity index (χ3v) is 5.50. The van der Waals surface area contributed by atoms with E-state index in [4.69, 9.17) is 4.74 Å². The summed E-state index contributed by atoms with van der Waals surface area (Å²) in [5.41, 5.74) is 3.22. The second-order valence-corrected chi connectivity index (χ2v) is 7.41. The monoisotopic (exact) mass is 402 g/mol. The van der Waals surface area contributed by atoms with Gasteiger partial charge < -0.3 is 9.30 Å². The molecule has 0 aliphatic rings. The molecular formula is C23H22N4OS. The summed E-state index contributed by atoms with van der Waals surface area (Å²) in [5, 5.41) is 9.62. The second-order valence-electron chi connectivity index (χ2n) is 6.47. The van der Waals surface area contributed by atoms with Crippen LogP contribution in [-0.2, 0) is 18.9 Å². The fraction of sp³-hybridized carbons (Fsp3) is 0.174. The number of ether oxygens (including phenoxy) is 1. The lowest BCUT2D eigenvalue weighted by molar-refractivity contribution is 0.306. The molecule has 0 saturated heterocycles. The molecule has 0 amide bonds. The Morgan fingerprint density at radius 2 is 1.66 bits per heavy atom. The molecule has 0 radical (unpaired) electrons. The highest BCUT2D eigenvalue weighted by molar-refractivity contribution is 7.98. The number of hydrogen-bond acceptors (Lipinski definition) is 5. The Kier molecular flexibility index (Phi) is 6.22. The Morgan fingerprint density at radius 1 is 0.862 bits per heavy atom. The fourth-order valence-electron chi connectivity index (χ4n) is 2.94. The smallest absolute Gasteiger partial charge is 0.191 e. The van der Waals surface area contributed by atoms with E-state index < -0.39 is 0 Å². The summed E-state index contributed by atoms with van der Waals surface area (Å²) in [5.74, 6) is 2.50. The molecule has 0 bridgehead atoms. The minimum absolute atomic E-state index is 0.574. The lowest BCUT2D eigenvalue weighted by Gasteiger charge is -2.08. The van der Waals surface area contributed by atoms with E-state index in [0.717, 1.165) is 40.3 Å². The van der Waals surface area contributed by atoms with E-state index in [-0.39, 0.29) is 0 Å². The first-order chi connectivity index (χ1) is 14.3. The van der Waals surface area contributed by atoms with E-state index in [2.05, 4.69) is 50.9 Å². The average Bonchev–Trinajstić information content (AvgIpc) is 3.21. The van der Waals surface area contributed by atoms with Gasteiger partial charge in [0, 0.05) is 18.5 Å². The van der Waals surface area contributed by atoms with Crippen LogP contribution in [0.4, 0.5) is 0 Å². The first kappa shape index (κ1) is 19.2. The van der Waals surface area contributed by atoms with Gasteiger partial charge in [-0.1, -0.05) is 60.3 Å². The van der Waals surface area contributed by atoms with Gasteiger partial charge in [0.2, 0.25) is 0 Å². The highest BCUT2D eigenvalue weighted by Gasteiger charge is 2.13. The van der Waals surface area contributed by atoms with Gasteiger partial charge in [0.25, 0.3) is 0 Å². The van der Waals surface area contributed by atoms with Crippen molar-refractivity contribution >= 4 is 11.8 Å². The Balaban J connectivity index is 1.37. The van der Waals surface area contributed by atoms with E-state index in [1.165, 1.54) is 5.56 Å². The van der Waals surface area contributed by atoms with Crippen molar-refractivity contribution in [3.63, 3.8) is 0 Å². The topological polar surface area (TPSA) is 52.8 Å². The Bertz CT molecular complexity index is 1030. The van der Waals surface area contributed by atoms with Crippen molar-refractivity contribution in [3.8, 4) is 17.3 Å². The summed E-state index contributed by atoms with van der Waals surface area (Å²) in [4.78, 5) is 4.39. The number of rotatable bonds is 8. The summed E-state index contributed by atoms with van der Waals surface area (Å²) in [6, 6.07) is 24.2. The summed E-state index contributed by atoms with van der Waals surface area (Å²) < 4.78 is 7.96. The van der Waals surface area contributed by atoms with Crippen LogP contribution in [0.1, 0.15) is 18.1 Å². The molecule has 0 atom stereocenters. The van der Waals surface area contributed by atoms with Crippen LogP contribution >= 0.6 is 11.8 Å². The number of hydrogen-bond donors (Lipinski definition) is 0. The van der Waals surface area contributed by atoms with Crippen LogP contribution in [-0.4, -0.2) is 19.7 Å². The lowest BCUT2D eigenvalue weighted by Crippen LogP contribution is -2.00. The summed E-state index contributed by atoms with van der Waals surface area (Å²) in [7, 11) is 0. The van der Waals surface area contributed by atoms with E-state index in [1.807, 2.05) is 48.5 Å². The van der Waals surface area contributed by atoms with Crippen molar-refractivity contribution in [2.75, 3.05) is 0 Å². The zero-order valence-corrected chi connectivity index (χ0v) is 17.0. The van der Waals surface area contributed by atoms with Crippen LogP contribution in [0, 0.1) is 0 Å². The van der Waals surface area contributed by atoms with Gasteiger partial charge in [-0.05, 0) is 42.3 Å². The second kappa shape index (κ2) is 9.39. The van der Waals surface area contributed by atoms with Crippen LogP contribution in [0.3, 0.4) is 0 Å². The van der Waals surface area contributed by atoms with Crippen LogP contribution in [0.15, 0.2) is 84.1 Å². The SMILES string of the molecule is CCn1c(SCc2ccc(OCc3ccccc3)cc2)nnc1-c1ccccn1. The molecule has 2 aromatic carbocycles. The van der Waals surface area contributed by atoms with Crippen LogP contribution in [0.5, 0.6) is 5.75 Å². The van der Waals surface area contributed by atoms with Gasteiger partial charge in [-0.2, -0.15) is 0 Å². The molecule has 0 aliphatic heterocycles. The predicted octanol–water partition coefficient (Wildman–Crippen LogP) is 5.23. The van der Waals surface area contributed by atoms with E-state index >= 15 is 0 Å². The Morgan fingerprint density at radius 3 is 2.38 bits per heavy atom. The summed E-state index contributed by atoms with van der Waals surface area (Å²) in [6.45, 7) is 3.47. The number of thioether (sulfide) groups is 1. The Hall–Kier alpha value is -3.12. The minimum atomic E-state index is 0.574. The molecule has 0 unspecified atom stereocenters. The molecule has 5 nitrogen and oxygen atoms in total. The van der Waals surface area contributed by atoms with Crippen molar-refractivity contribution in [1.29, 1.82) is 0 Å². The third kappa shape index (κ3) is 4.84. The lowest BCUT2D eigenvalue weighted by atomic mass is 10.2. The zero-order valence-electron chi connectivity index (χ0n) is 16.2. The molecule has 2 heterocycles. The molecule has 0 spiro atoms. The van der Waals surface area contributed by atoms with Gasteiger partial charge in [-0.25, -0.2) is 0 Å². The first-order valence-electron chi connectivity index (χ1n) is 9.56. The zero-order chi connectivity index (χ0) is 19.9. The van der Waals surface area contributed by atoms with Crippen molar-refractivity contribution in [1.82, 2.24) is 19.7 Å². The number of aromatic nitrogens is 4. The largest absolute Gasteiger partial charge is 0.489 e. The van der Waals surface area contributed by atoms with Crippen molar-refractivity contribution in [2.24, 2.45) is 0 Å². The van der Waals surface area contributed by atoms with Gasteiger partial charge in [-0.15, -0.1) is 10.2 Å². The standard InChI is InChI=1S/C23H22N4OS/c1-2-27-22(21-10-6-7-15-24-21)25-26-23(27)29-17-19-11-13-20(14-12-19)28-16-18-8-4-3-5-9-18/h3-15H,2,16-17H2,1H3. The van der Waals surface area contributed by atoms with Gasteiger partial charge in [0.1, 0.15) is 18.1 Å². The number of nitrogens with zero attached hydrogens (tertiary/aromatic N) is 4. The van der Waals surface area contributed by atoms with Gasteiger partial charge >= 0.3 is 0 Å². The molecule has 2 aromatic heterocycles. The van der Waals surface area contributed by atoms with E-state index in [9.17, 15) is 0 Å². The molecular weight excluding hydrogens is 380 g/mol. The highest BCUT2D eigenvalue weighted by Crippen LogP contribution is 2.26. The molecule has 146 valence electrons. The first-order valence-corrected chi connectivity index (χ1v) is 10.5. The average molecular weight is 403 g/mol. The van der Waals surface area contributed by atoms with E-state index in [0.29, 0.717) is 6.61 Å². The quantitative estimate of drug-likeness (QED) is 0.378. The molecule has 0 fully saturated rings. The normalized spacial score (nSPS) is 10.8. The maximum absolute atomic E-state index is 5.86. The molecule has 0 aliphatic carbocycles. The highest BCUT2D eigenvalue weighted by atomic mass is 32.2. The third-order valence-electron chi connectivity index (χ3n) is 4.47. The molecule has 0 N–H and O–H groups in total. The van der Waals surface area contributed by atoms with E-state index in [1.54, 1.807) is 18.0 Å². The van der Waals surface area contributed by atoms with Gasteiger partial charge in [0.05, 0.1) is 0 Å². The van der Waals surface area contributed by atoms with Crippen LogP contribution in [0.25, 0.3) is 11.5 Å².